The number of aryl methyl sites for hydroxylation is 1. The summed E-state index contributed by atoms with van der Waals surface area (Å²) in [5.74, 6) is 1.99. The highest BCUT2D eigenvalue weighted by Gasteiger charge is 2.15. The van der Waals surface area contributed by atoms with Crippen LogP contribution in [0.25, 0.3) is 0 Å². The number of aromatic nitrogens is 2. The largest absolute Gasteiger partial charge is 0.475 e. The van der Waals surface area contributed by atoms with Crippen LogP contribution >= 0.6 is 11.6 Å². The highest BCUT2D eigenvalue weighted by Crippen LogP contribution is 2.18. The van der Waals surface area contributed by atoms with Crippen LogP contribution in [0.5, 0.6) is 5.88 Å². The minimum atomic E-state index is 0.109. The molecule has 0 saturated carbocycles. The Morgan fingerprint density at radius 1 is 1.26 bits per heavy atom. The van der Waals surface area contributed by atoms with Crippen LogP contribution < -0.4 is 9.64 Å². The Bertz CT molecular complexity index is 396. The summed E-state index contributed by atoms with van der Waals surface area (Å²) in [5.41, 5.74) is 0.914. The molecule has 0 atom stereocenters. The molecule has 0 unspecified atom stereocenters. The highest BCUT2D eigenvalue weighted by molar-refractivity contribution is 6.17. The minimum absolute atomic E-state index is 0.109. The monoisotopic (exact) mass is 285 g/mol. The zero-order chi connectivity index (χ0) is 14.4. The molecule has 0 fully saturated rings. The molecule has 0 aliphatic rings. The van der Waals surface area contributed by atoms with Crippen LogP contribution in [0.4, 0.5) is 5.95 Å². The van der Waals surface area contributed by atoms with Crippen LogP contribution in [-0.2, 0) is 0 Å². The average molecular weight is 286 g/mol. The number of hydrogen-bond acceptors (Lipinski definition) is 4. The normalized spacial score (nSPS) is 11.2. The van der Waals surface area contributed by atoms with Crippen molar-refractivity contribution in [2.75, 3.05) is 17.3 Å². The fourth-order valence-electron chi connectivity index (χ4n) is 1.77. The lowest BCUT2D eigenvalue weighted by Gasteiger charge is -2.27. The van der Waals surface area contributed by atoms with Gasteiger partial charge in [-0.3, -0.25) is 0 Å². The zero-order valence-electron chi connectivity index (χ0n) is 12.5. The Morgan fingerprint density at radius 2 is 1.95 bits per heavy atom. The van der Waals surface area contributed by atoms with Gasteiger partial charge in [-0.2, -0.15) is 4.98 Å². The van der Waals surface area contributed by atoms with Crippen LogP contribution in [0.3, 0.4) is 0 Å². The summed E-state index contributed by atoms with van der Waals surface area (Å²) in [7, 11) is 0. The van der Waals surface area contributed by atoms with E-state index < -0.39 is 0 Å². The molecule has 0 aliphatic heterocycles. The van der Waals surface area contributed by atoms with Gasteiger partial charge in [0.25, 0.3) is 0 Å². The predicted molar refractivity (Wildman–Crippen MR) is 80.4 cm³/mol. The first-order valence-electron chi connectivity index (χ1n) is 6.79. The lowest BCUT2D eigenvalue weighted by atomic mass is 10.3. The molecule has 0 N–H and O–H groups in total. The van der Waals surface area contributed by atoms with E-state index in [0.717, 1.165) is 24.6 Å². The average Bonchev–Trinajstić information content (AvgIpc) is 2.27. The SMILES string of the molecule is Cc1cc(OC(C)C)nc(N(CCCCl)C(C)C)n1. The molecule has 1 aromatic heterocycles. The molecular formula is C14H24ClN3O. The molecule has 0 radical (unpaired) electrons. The molecule has 0 amide bonds. The molecule has 1 heterocycles. The molecule has 0 saturated heterocycles. The maximum absolute atomic E-state index is 5.78. The summed E-state index contributed by atoms with van der Waals surface area (Å²) in [5, 5.41) is 0. The standard InChI is InChI=1S/C14H24ClN3O/c1-10(2)18(8-6-7-15)14-16-12(5)9-13(17-14)19-11(3)4/h9-11H,6-8H2,1-5H3. The maximum Gasteiger partial charge on any atom is 0.229 e. The van der Waals surface area contributed by atoms with Crippen LogP contribution in [0.15, 0.2) is 6.07 Å². The Labute approximate surface area is 121 Å². The van der Waals surface area contributed by atoms with Crippen molar-refractivity contribution in [3.63, 3.8) is 0 Å². The second kappa shape index (κ2) is 7.53. The van der Waals surface area contributed by atoms with Crippen molar-refractivity contribution in [3.05, 3.63) is 11.8 Å². The fraction of sp³-hybridized carbons (Fsp3) is 0.714. The third-order valence-electron chi connectivity index (χ3n) is 2.59. The van der Waals surface area contributed by atoms with Crippen molar-refractivity contribution in [3.8, 4) is 5.88 Å². The minimum Gasteiger partial charge on any atom is -0.475 e. The number of alkyl halides is 1. The van der Waals surface area contributed by atoms with Crippen LogP contribution in [0.1, 0.15) is 39.8 Å². The van der Waals surface area contributed by atoms with Gasteiger partial charge in [-0.25, -0.2) is 4.98 Å². The Morgan fingerprint density at radius 3 is 2.47 bits per heavy atom. The number of rotatable bonds is 7. The number of anilines is 1. The first kappa shape index (κ1) is 16.0. The van der Waals surface area contributed by atoms with Crippen LogP contribution in [0, 0.1) is 6.92 Å². The molecule has 1 rings (SSSR count). The molecule has 5 heteroatoms. The molecule has 0 spiro atoms. The molecule has 0 bridgehead atoms. The van der Waals surface area contributed by atoms with Gasteiger partial charge >= 0.3 is 0 Å². The van der Waals surface area contributed by atoms with E-state index in [0.29, 0.717) is 17.8 Å². The van der Waals surface area contributed by atoms with Gasteiger partial charge in [-0.1, -0.05) is 0 Å². The van der Waals surface area contributed by atoms with E-state index in [9.17, 15) is 0 Å². The van der Waals surface area contributed by atoms with Crippen molar-refractivity contribution in [2.45, 2.75) is 53.2 Å². The van der Waals surface area contributed by atoms with E-state index in [4.69, 9.17) is 16.3 Å². The lowest BCUT2D eigenvalue weighted by molar-refractivity contribution is 0.232. The molecular weight excluding hydrogens is 262 g/mol. The van der Waals surface area contributed by atoms with E-state index in [1.54, 1.807) is 0 Å². The van der Waals surface area contributed by atoms with Crippen molar-refractivity contribution in [2.24, 2.45) is 0 Å². The number of nitrogens with zero attached hydrogens (tertiary/aromatic N) is 3. The van der Waals surface area contributed by atoms with Gasteiger partial charge in [-0.15, -0.1) is 11.6 Å². The van der Waals surface area contributed by atoms with Gasteiger partial charge in [0.05, 0.1) is 6.10 Å². The van der Waals surface area contributed by atoms with Crippen molar-refractivity contribution < 1.29 is 4.74 Å². The smallest absolute Gasteiger partial charge is 0.229 e. The first-order chi connectivity index (χ1) is 8.93. The third kappa shape index (κ3) is 5.23. The summed E-state index contributed by atoms with van der Waals surface area (Å²) < 4.78 is 5.67. The zero-order valence-corrected chi connectivity index (χ0v) is 13.2. The third-order valence-corrected chi connectivity index (χ3v) is 2.86. The van der Waals surface area contributed by atoms with Crippen LogP contribution in [0.2, 0.25) is 0 Å². The molecule has 0 aromatic carbocycles. The van der Waals surface area contributed by atoms with Gasteiger partial charge in [0, 0.05) is 30.2 Å². The molecule has 1 aromatic rings. The van der Waals surface area contributed by atoms with E-state index in [-0.39, 0.29) is 6.10 Å². The Kier molecular flexibility index (Phi) is 6.35. The topological polar surface area (TPSA) is 38.2 Å². The van der Waals surface area contributed by atoms with E-state index in [1.807, 2.05) is 26.8 Å². The molecule has 0 aliphatic carbocycles. The summed E-state index contributed by atoms with van der Waals surface area (Å²) >= 11 is 5.78. The van der Waals surface area contributed by atoms with Crippen molar-refractivity contribution >= 4 is 17.5 Å². The van der Waals surface area contributed by atoms with E-state index >= 15 is 0 Å². The van der Waals surface area contributed by atoms with Gasteiger partial charge < -0.3 is 9.64 Å². The first-order valence-corrected chi connectivity index (χ1v) is 7.32. The number of ether oxygens (including phenoxy) is 1. The number of hydrogen-bond donors (Lipinski definition) is 0. The van der Waals surface area contributed by atoms with Crippen molar-refractivity contribution in [1.29, 1.82) is 0 Å². The van der Waals surface area contributed by atoms with Crippen LogP contribution in [-0.4, -0.2) is 34.5 Å². The second-order valence-electron chi connectivity index (χ2n) is 5.14. The molecule has 19 heavy (non-hydrogen) atoms. The summed E-state index contributed by atoms with van der Waals surface area (Å²) in [6.45, 7) is 11.0. The summed E-state index contributed by atoms with van der Waals surface area (Å²) in [4.78, 5) is 11.2. The predicted octanol–water partition coefficient (Wildman–Crippen LogP) is 3.42. The van der Waals surface area contributed by atoms with Gasteiger partial charge in [-0.05, 0) is 41.0 Å². The van der Waals surface area contributed by atoms with Crippen molar-refractivity contribution in [1.82, 2.24) is 9.97 Å². The lowest BCUT2D eigenvalue weighted by Crippen LogP contribution is -2.33. The summed E-state index contributed by atoms with van der Waals surface area (Å²) in [6, 6.07) is 2.20. The van der Waals surface area contributed by atoms with Gasteiger partial charge in [0.1, 0.15) is 0 Å². The molecule has 108 valence electrons. The van der Waals surface area contributed by atoms with Gasteiger partial charge in [0.15, 0.2) is 0 Å². The quantitative estimate of drug-likeness (QED) is 0.720. The van der Waals surface area contributed by atoms with E-state index in [1.165, 1.54) is 0 Å². The maximum atomic E-state index is 5.78. The van der Waals surface area contributed by atoms with E-state index in [2.05, 4.69) is 28.7 Å². The Balaban J connectivity index is 2.98. The Hall–Kier alpha value is -1.03. The van der Waals surface area contributed by atoms with Gasteiger partial charge in [0.2, 0.25) is 11.8 Å². The summed E-state index contributed by atoms with van der Waals surface area (Å²) in [6.07, 6.45) is 1.02. The fourth-order valence-corrected chi connectivity index (χ4v) is 1.89. The molecule has 4 nitrogen and oxygen atoms in total. The highest BCUT2D eigenvalue weighted by atomic mass is 35.5. The number of halogens is 1. The second-order valence-corrected chi connectivity index (χ2v) is 5.52.